The highest BCUT2D eigenvalue weighted by molar-refractivity contribution is 5.83. The van der Waals surface area contributed by atoms with Crippen LogP contribution in [0.4, 0.5) is 0 Å². The van der Waals surface area contributed by atoms with Crippen LogP contribution in [-0.2, 0) is 4.84 Å². The summed E-state index contributed by atoms with van der Waals surface area (Å²) in [4.78, 5) is 5.42. The Morgan fingerprint density at radius 2 is 2.10 bits per heavy atom. The fourth-order valence-corrected chi connectivity index (χ4v) is 2.21. The maximum atomic E-state index is 5.69. The second kappa shape index (κ2) is 6.61. The SMILES string of the molecule is COc1ccccc1OCCNC[C@]1(C)CC(C)=NO1. The van der Waals surface area contributed by atoms with Crippen molar-refractivity contribution in [2.75, 3.05) is 26.8 Å². The van der Waals surface area contributed by atoms with E-state index in [1.807, 2.05) is 31.2 Å². The van der Waals surface area contributed by atoms with Gasteiger partial charge in [-0.1, -0.05) is 17.3 Å². The number of rotatable bonds is 7. The molecular weight excluding hydrogens is 256 g/mol. The molecule has 0 amide bonds. The van der Waals surface area contributed by atoms with Gasteiger partial charge in [-0.05, 0) is 26.0 Å². The summed E-state index contributed by atoms with van der Waals surface area (Å²) < 4.78 is 10.9. The van der Waals surface area contributed by atoms with Crippen LogP contribution in [0.25, 0.3) is 0 Å². The Morgan fingerprint density at radius 3 is 2.75 bits per heavy atom. The normalized spacial score (nSPS) is 21.2. The summed E-state index contributed by atoms with van der Waals surface area (Å²) in [6.45, 7) is 6.12. The molecule has 0 bridgehead atoms. The minimum Gasteiger partial charge on any atom is -0.493 e. The van der Waals surface area contributed by atoms with Gasteiger partial charge in [0.05, 0.1) is 12.8 Å². The summed E-state index contributed by atoms with van der Waals surface area (Å²) in [5.74, 6) is 1.52. The Bertz CT molecular complexity index is 476. The van der Waals surface area contributed by atoms with Gasteiger partial charge < -0.3 is 19.6 Å². The topological polar surface area (TPSA) is 52.1 Å². The number of para-hydroxylation sites is 2. The van der Waals surface area contributed by atoms with Crippen LogP contribution in [0, 0.1) is 0 Å². The molecule has 2 rings (SSSR count). The summed E-state index contributed by atoms with van der Waals surface area (Å²) >= 11 is 0. The van der Waals surface area contributed by atoms with Crippen LogP contribution in [0.1, 0.15) is 20.3 Å². The van der Waals surface area contributed by atoms with Gasteiger partial charge in [-0.2, -0.15) is 0 Å². The molecule has 0 saturated heterocycles. The average molecular weight is 278 g/mol. The van der Waals surface area contributed by atoms with Crippen LogP contribution in [0.15, 0.2) is 29.4 Å². The number of benzene rings is 1. The molecule has 5 heteroatoms. The van der Waals surface area contributed by atoms with Gasteiger partial charge in [0.15, 0.2) is 17.1 Å². The van der Waals surface area contributed by atoms with Crippen LogP contribution >= 0.6 is 0 Å². The van der Waals surface area contributed by atoms with E-state index in [1.54, 1.807) is 7.11 Å². The predicted molar refractivity (Wildman–Crippen MR) is 78.6 cm³/mol. The fourth-order valence-electron chi connectivity index (χ4n) is 2.21. The number of oxime groups is 1. The third kappa shape index (κ3) is 3.87. The third-order valence-electron chi connectivity index (χ3n) is 3.16. The van der Waals surface area contributed by atoms with Crippen molar-refractivity contribution in [2.45, 2.75) is 25.9 Å². The average Bonchev–Trinajstić information content (AvgIpc) is 2.79. The molecule has 0 aliphatic carbocycles. The highest BCUT2D eigenvalue weighted by Crippen LogP contribution is 2.25. The van der Waals surface area contributed by atoms with E-state index in [0.29, 0.717) is 6.61 Å². The van der Waals surface area contributed by atoms with Crippen LogP contribution in [-0.4, -0.2) is 38.1 Å². The minimum atomic E-state index is -0.228. The molecular formula is C15H22N2O3. The monoisotopic (exact) mass is 278 g/mol. The fraction of sp³-hybridized carbons (Fsp3) is 0.533. The number of ether oxygens (including phenoxy) is 2. The van der Waals surface area contributed by atoms with Crippen molar-refractivity contribution >= 4 is 5.71 Å². The van der Waals surface area contributed by atoms with E-state index in [1.165, 1.54) is 0 Å². The van der Waals surface area contributed by atoms with Crippen molar-refractivity contribution in [2.24, 2.45) is 5.16 Å². The smallest absolute Gasteiger partial charge is 0.161 e. The van der Waals surface area contributed by atoms with E-state index in [-0.39, 0.29) is 5.60 Å². The Kier molecular flexibility index (Phi) is 4.84. The number of hydrogen-bond acceptors (Lipinski definition) is 5. The summed E-state index contributed by atoms with van der Waals surface area (Å²) in [5.41, 5.74) is 0.814. The van der Waals surface area contributed by atoms with E-state index in [4.69, 9.17) is 14.3 Å². The van der Waals surface area contributed by atoms with Crippen LogP contribution in [0.3, 0.4) is 0 Å². The van der Waals surface area contributed by atoms with Crippen LogP contribution < -0.4 is 14.8 Å². The predicted octanol–water partition coefficient (Wildman–Crippen LogP) is 2.22. The Morgan fingerprint density at radius 1 is 1.35 bits per heavy atom. The van der Waals surface area contributed by atoms with E-state index in [9.17, 15) is 0 Å². The number of hydrogen-bond donors (Lipinski definition) is 1. The van der Waals surface area contributed by atoms with Crippen molar-refractivity contribution < 1.29 is 14.3 Å². The molecule has 1 aliphatic heterocycles. The van der Waals surface area contributed by atoms with Crippen LogP contribution in [0.5, 0.6) is 11.5 Å². The molecule has 5 nitrogen and oxygen atoms in total. The van der Waals surface area contributed by atoms with Gasteiger partial charge in [-0.3, -0.25) is 0 Å². The highest BCUT2D eigenvalue weighted by Gasteiger charge is 2.31. The van der Waals surface area contributed by atoms with Crippen molar-refractivity contribution in [3.8, 4) is 11.5 Å². The van der Waals surface area contributed by atoms with Crippen molar-refractivity contribution in [1.29, 1.82) is 0 Å². The number of nitrogens with one attached hydrogen (secondary N) is 1. The maximum absolute atomic E-state index is 5.69. The van der Waals surface area contributed by atoms with Crippen molar-refractivity contribution in [1.82, 2.24) is 5.32 Å². The molecule has 0 unspecified atom stereocenters. The molecule has 0 aromatic heterocycles. The highest BCUT2D eigenvalue weighted by atomic mass is 16.7. The lowest BCUT2D eigenvalue weighted by Crippen LogP contribution is -2.39. The van der Waals surface area contributed by atoms with E-state index >= 15 is 0 Å². The lowest BCUT2D eigenvalue weighted by atomic mass is 10.0. The lowest BCUT2D eigenvalue weighted by Gasteiger charge is -2.21. The number of methoxy groups -OCH3 is 1. The molecule has 20 heavy (non-hydrogen) atoms. The molecule has 0 spiro atoms. The second-order valence-electron chi connectivity index (χ2n) is 5.22. The first-order chi connectivity index (χ1) is 9.63. The summed E-state index contributed by atoms with van der Waals surface area (Å²) in [5, 5.41) is 7.32. The maximum Gasteiger partial charge on any atom is 0.161 e. The lowest BCUT2D eigenvalue weighted by molar-refractivity contribution is -0.00263. The molecule has 0 fully saturated rings. The first-order valence-electron chi connectivity index (χ1n) is 6.81. The Balaban J connectivity index is 1.67. The molecule has 1 aromatic rings. The van der Waals surface area contributed by atoms with Gasteiger partial charge in [0, 0.05) is 19.5 Å². The van der Waals surface area contributed by atoms with E-state index in [0.717, 1.165) is 36.7 Å². The van der Waals surface area contributed by atoms with Crippen molar-refractivity contribution in [3.63, 3.8) is 0 Å². The van der Waals surface area contributed by atoms with Gasteiger partial charge >= 0.3 is 0 Å². The van der Waals surface area contributed by atoms with E-state index in [2.05, 4.69) is 17.4 Å². The van der Waals surface area contributed by atoms with Gasteiger partial charge in [-0.15, -0.1) is 0 Å². The van der Waals surface area contributed by atoms with E-state index < -0.39 is 0 Å². The zero-order valence-electron chi connectivity index (χ0n) is 12.3. The van der Waals surface area contributed by atoms with Gasteiger partial charge in [0.25, 0.3) is 0 Å². The largest absolute Gasteiger partial charge is 0.493 e. The standard InChI is InChI=1S/C15H22N2O3/c1-12-10-15(2,20-17-12)11-16-8-9-19-14-7-5-4-6-13(14)18-3/h4-7,16H,8-11H2,1-3H3/t15-/m0/s1. The molecule has 1 N–H and O–H groups in total. The van der Waals surface area contributed by atoms with Gasteiger partial charge in [0.1, 0.15) is 6.61 Å². The summed E-state index contributed by atoms with van der Waals surface area (Å²) in [6.07, 6.45) is 0.868. The minimum absolute atomic E-state index is 0.228. The summed E-state index contributed by atoms with van der Waals surface area (Å²) in [7, 11) is 1.64. The molecule has 1 heterocycles. The molecule has 0 saturated carbocycles. The van der Waals surface area contributed by atoms with Gasteiger partial charge in [-0.25, -0.2) is 0 Å². The Labute approximate surface area is 119 Å². The summed E-state index contributed by atoms with van der Waals surface area (Å²) in [6, 6.07) is 7.64. The first kappa shape index (κ1) is 14.7. The second-order valence-corrected chi connectivity index (χ2v) is 5.22. The third-order valence-corrected chi connectivity index (χ3v) is 3.16. The zero-order chi connectivity index (χ0) is 14.4. The Hall–Kier alpha value is -1.75. The molecule has 110 valence electrons. The number of nitrogens with zero attached hydrogens (tertiary/aromatic N) is 1. The van der Waals surface area contributed by atoms with Crippen molar-refractivity contribution in [3.05, 3.63) is 24.3 Å². The quantitative estimate of drug-likeness (QED) is 0.777. The first-order valence-corrected chi connectivity index (χ1v) is 6.81. The molecule has 0 radical (unpaired) electrons. The van der Waals surface area contributed by atoms with Crippen LogP contribution in [0.2, 0.25) is 0 Å². The zero-order valence-corrected chi connectivity index (χ0v) is 12.3. The molecule has 1 aliphatic rings. The molecule has 1 aromatic carbocycles. The molecule has 1 atom stereocenters. The van der Waals surface area contributed by atoms with Gasteiger partial charge in [0.2, 0.25) is 0 Å².